The predicted octanol–water partition coefficient (Wildman–Crippen LogP) is 2.49. The van der Waals surface area contributed by atoms with Crippen molar-refractivity contribution in [2.75, 3.05) is 21.2 Å². The first kappa shape index (κ1) is 19.9. The van der Waals surface area contributed by atoms with Gasteiger partial charge in [-0.1, -0.05) is 12.1 Å². The van der Waals surface area contributed by atoms with Crippen LogP contribution in [-0.4, -0.2) is 39.8 Å². The van der Waals surface area contributed by atoms with Crippen LogP contribution in [0.5, 0.6) is 5.75 Å². The molecule has 0 aromatic heterocycles. The first-order valence-corrected chi connectivity index (χ1v) is 9.55. The number of sulfonamides is 1. The summed E-state index contributed by atoms with van der Waals surface area (Å²) in [5.41, 5.74) is 2.60. The first-order chi connectivity index (χ1) is 12.2. The lowest BCUT2D eigenvalue weighted by Gasteiger charge is -2.16. The maximum absolute atomic E-state index is 12.5. The van der Waals surface area contributed by atoms with Crippen molar-refractivity contribution in [2.24, 2.45) is 0 Å². The third kappa shape index (κ3) is 4.23. The smallest absolute Gasteiger partial charge is 0.251 e. The zero-order valence-corrected chi connectivity index (χ0v) is 16.5. The Hall–Kier alpha value is -2.38. The number of carbonyl (C=O) groups excluding carboxylic acids is 1. The minimum Gasteiger partial charge on any atom is -0.497 e. The molecule has 0 unspecified atom stereocenters. The molecule has 1 amide bonds. The highest BCUT2D eigenvalue weighted by molar-refractivity contribution is 7.89. The lowest BCUT2D eigenvalue weighted by molar-refractivity contribution is 0.0950. The Morgan fingerprint density at radius 2 is 1.85 bits per heavy atom. The highest BCUT2D eigenvalue weighted by Crippen LogP contribution is 2.23. The fourth-order valence-corrected chi connectivity index (χ4v) is 3.71. The molecule has 0 aliphatic rings. The van der Waals surface area contributed by atoms with Gasteiger partial charge in [-0.15, -0.1) is 0 Å². The second kappa shape index (κ2) is 7.88. The van der Waals surface area contributed by atoms with Gasteiger partial charge in [-0.3, -0.25) is 4.79 Å². The van der Waals surface area contributed by atoms with Crippen LogP contribution >= 0.6 is 0 Å². The zero-order chi connectivity index (χ0) is 19.5. The van der Waals surface area contributed by atoms with Crippen LogP contribution in [0.4, 0.5) is 0 Å². The fourth-order valence-electron chi connectivity index (χ4n) is 2.49. The van der Waals surface area contributed by atoms with Gasteiger partial charge in [0.25, 0.3) is 5.91 Å². The van der Waals surface area contributed by atoms with Crippen molar-refractivity contribution in [3.63, 3.8) is 0 Å². The number of amides is 1. The molecule has 0 bridgehead atoms. The Bertz CT molecular complexity index is 921. The summed E-state index contributed by atoms with van der Waals surface area (Å²) in [7, 11) is 0.901. The van der Waals surface area contributed by atoms with E-state index < -0.39 is 10.0 Å². The van der Waals surface area contributed by atoms with Gasteiger partial charge in [-0.05, 0) is 54.8 Å². The van der Waals surface area contributed by atoms with Crippen LogP contribution in [-0.2, 0) is 16.6 Å². The number of benzene rings is 2. The third-order valence-corrected chi connectivity index (χ3v) is 6.17. The van der Waals surface area contributed by atoms with Crippen LogP contribution < -0.4 is 10.1 Å². The maximum atomic E-state index is 12.5. The molecule has 1 N–H and O–H groups in total. The predicted molar refractivity (Wildman–Crippen MR) is 101 cm³/mol. The molecule has 6 nitrogen and oxygen atoms in total. The monoisotopic (exact) mass is 376 g/mol. The maximum Gasteiger partial charge on any atom is 0.251 e. The number of rotatable bonds is 6. The van der Waals surface area contributed by atoms with E-state index in [1.807, 2.05) is 24.3 Å². The number of methoxy groups -OCH3 is 1. The summed E-state index contributed by atoms with van der Waals surface area (Å²) in [6.07, 6.45) is 0. The van der Waals surface area contributed by atoms with Crippen molar-refractivity contribution in [3.8, 4) is 5.75 Å². The molecule has 0 aliphatic carbocycles. The quantitative estimate of drug-likeness (QED) is 0.840. The summed E-state index contributed by atoms with van der Waals surface area (Å²) < 4.78 is 31.3. The number of ether oxygens (including phenoxy) is 1. The van der Waals surface area contributed by atoms with Gasteiger partial charge in [-0.25, -0.2) is 12.7 Å². The van der Waals surface area contributed by atoms with Crippen molar-refractivity contribution in [2.45, 2.75) is 25.3 Å². The van der Waals surface area contributed by atoms with Gasteiger partial charge in [0.2, 0.25) is 10.0 Å². The molecular formula is C19H24N2O4S. The molecule has 2 rings (SSSR count). The lowest BCUT2D eigenvalue weighted by atomic mass is 10.1. The Morgan fingerprint density at radius 1 is 1.15 bits per heavy atom. The van der Waals surface area contributed by atoms with Gasteiger partial charge in [0, 0.05) is 26.2 Å². The fraction of sp³-hybridized carbons (Fsp3) is 0.316. The van der Waals surface area contributed by atoms with Crippen molar-refractivity contribution < 1.29 is 17.9 Å². The van der Waals surface area contributed by atoms with Crippen LogP contribution in [0.1, 0.15) is 27.0 Å². The number of carbonyl (C=O) groups is 1. The largest absolute Gasteiger partial charge is 0.497 e. The number of aryl methyl sites for hydroxylation is 1. The standard InChI is InChI=1S/C19H24N2O4S/c1-13-9-16(11-18(14(13)2)26(23,24)21(3)4)19(22)20-12-15-7-6-8-17(10-15)25-5/h6-11H,12H2,1-5H3,(H,20,22). The van der Waals surface area contributed by atoms with E-state index in [0.717, 1.165) is 15.4 Å². The molecule has 0 atom stereocenters. The van der Waals surface area contributed by atoms with Gasteiger partial charge >= 0.3 is 0 Å². The second-order valence-corrected chi connectivity index (χ2v) is 8.36. The van der Waals surface area contributed by atoms with Gasteiger partial charge < -0.3 is 10.1 Å². The van der Waals surface area contributed by atoms with Crippen molar-refractivity contribution >= 4 is 15.9 Å². The summed E-state index contributed by atoms with van der Waals surface area (Å²) in [6.45, 7) is 3.85. The Morgan fingerprint density at radius 3 is 2.46 bits per heavy atom. The van der Waals surface area contributed by atoms with E-state index in [0.29, 0.717) is 23.4 Å². The number of nitrogens with one attached hydrogen (secondary N) is 1. The lowest BCUT2D eigenvalue weighted by Crippen LogP contribution is -2.26. The number of hydrogen-bond acceptors (Lipinski definition) is 4. The van der Waals surface area contributed by atoms with E-state index in [1.54, 1.807) is 27.0 Å². The summed E-state index contributed by atoms with van der Waals surface area (Å²) in [4.78, 5) is 12.7. The highest BCUT2D eigenvalue weighted by atomic mass is 32.2. The van der Waals surface area contributed by atoms with Gasteiger partial charge in [0.05, 0.1) is 12.0 Å². The summed E-state index contributed by atoms with van der Waals surface area (Å²) in [5.74, 6) is 0.383. The minimum absolute atomic E-state index is 0.147. The average Bonchev–Trinajstić information content (AvgIpc) is 2.61. The summed E-state index contributed by atoms with van der Waals surface area (Å²) in [6, 6.07) is 10.5. The molecule has 2 aromatic rings. The third-order valence-electron chi connectivity index (χ3n) is 4.23. The molecule has 0 aliphatic heterocycles. The Kier molecular flexibility index (Phi) is 6.05. The number of hydrogen-bond donors (Lipinski definition) is 1. The van der Waals surface area contributed by atoms with Gasteiger partial charge in [0.15, 0.2) is 0 Å². The van der Waals surface area contributed by atoms with E-state index in [1.165, 1.54) is 20.2 Å². The van der Waals surface area contributed by atoms with Crippen LogP contribution in [0.3, 0.4) is 0 Å². The SMILES string of the molecule is COc1cccc(CNC(=O)c2cc(C)c(C)c(S(=O)(=O)N(C)C)c2)c1. The van der Waals surface area contributed by atoms with E-state index in [9.17, 15) is 13.2 Å². The summed E-state index contributed by atoms with van der Waals surface area (Å²) in [5, 5.41) is 2.82. The minimum atomic E-state index is -3.63. The van der Waals surface area contributed by atoms with E-state index >= 15 is 0 Å². The number of nitrogens with zero attached hydrogens (tertiary/aromatic N) is 1. The van der Waals surface area contributed by atoms with E-state index in [2.05, 4.69) is 5.32 Å². The van der Waals surface area contributed by atoms with Gasteiger partial charge in [-0.2, -0.15) is 0 Å². The Labute approximate surface area is 154 Å². The van der Waals surface area contributed by atoms with Crippen molar-refractivity contribution in [1.29, 1.82) is 0 Å². The molecule has 2 aromatic carbocycles. The molecule has 0 saturated heterocycles. The molecule has 7 heteroatoms. The van der Waals surface area contributed by atoms with Gasteiger partial charge in [0.1, 0.15) is 5.75 Å². The molecule has 0 fully saturated rings. The molecule has 0 heterocycles. The summed E-state index contributed by atoms with van der Waals surface area (Å²) >= 11 is 0. The van der Waals surface area contributed by atoms with Crippen LogP contribution in [0.2, 0.25) is 0 Å². The van der Waals surface area contributed by atoms with Crippen LogP contribution in [0.15, 0.2) is 41.3 Å². The van der Waals surface area contributed by atoms with Crippen molar-refractivity contribution in [3.05, 3.63) is 58.7 Å². The molecule has 0 saturated carbocycles. The second-order valence-electron chi connectivity index (χ2n) is 6.24. The van der Waals surface area contributed by atoms with Crippen LogP contribution in [0.25, 0.3) is 0 Å². The Balaban J connectivity index is 2.28. The van der Waals surface area contributed by atoms with E-state index in [-0.39, 0.29) is 10.8 Å². The average molecular weight is 376 g/mol. The molecule has 0 spiro atoms. The highest BCUT2D eigenvalue weighted by Gasteiger charge is 2.22. The topological polar surface area (TPSA) is 75.7 Å². The molecule has 0 radical (unpaired) electrons. The first-order valence-electron chi connectivity index (χ1n) is 8.11. The normalized spacial score (nSPS) is 11.5. The zero-order valence-electron chi connectivity index (χ0n) is 15.7. The molecule has 26 heavy (non-hydrogen) atoms. The molecular weight excluding hydrogens is 352 g/mol. The van der Waals surface area contributed by atoms with E-state index in [4.69, 9.17) is 4.74 Å². The van der Waals surface area contributed by atoms with Crippen LogP contribution in [0, 0.1) is 13.8 Å². The molecule has 140 valence electrons. The van der Waals surface area contributed by atoms with Crippen molar-refractivity contribution in [1.82, 2.24) is 9.62 Å².